The van der Waals surface area contributed by atoms with Crippen molar-refractivity contribution in [3.63, 3.8) is 0 Å². The lowest BCUT2D eigenvalue weighted by atomic mass is 9.73. The van der Waals surface area contributed by atoms with Crippen molar-refractivity contribution < 1.29 is 43.0 Å². The molecule has 20 nitrogen and oxygen atoms in total. The van der Waals surface area contributed by atoms with Crippen LogP contribution >= 0.6 is 0 Å². The van der Waals surface area contributed by atoms with Crippen LogP contribution in [0.2, 0.25) is 0 Å². The number of rotatable bonds is 23. The van der Waals surface area contributed by atoms with Gasteiger partial charge in [-0.3, -0.25) is 33.7 Å². The number of imide groups is 1. The molecule has 10 rings (SSSR count). The van der Waals surface area contributed by atoms with Crippen molar-refractivity contribution in [3.05, 3.63) is 130 Å². The number of hydrazine groups is 1. The van der Waals surface area contributed by atoms with Crippen LogP contribution in [0.25, 0.3) is 33.9 Å². The van der Waals surface area contributed by atoms with Gasteiger partial charge in [-0.2, -0.15) is 0 Å². The largest absolute Gasteiger partial charge is 0.396 e. The lowest BCUT2D eigenvalue weighted by Gasteiger charge is -2.34. The van der Waals surface area contributed by atoms with E-state index >= 15 is 0 Å². The fraction of sp³-hybridized carbons (Fsp3) is 0.471. The summed E-state index contributed by atoms with van der Waals surface area (Å²) in [7, 11) is 0. The van der Waals surface area contributed by atoms with Crippen molar-refractivity contribution in [2.75, 3.05) is 69.0 Å². The molecular formula is C68H85N11O9. The van der Waals surface area contributed by atoms with Gasteiger partial charge in [0.2, 0.25) is 23.6 Å². The molecule has 5 aliphatic rings. The quantitative estimate of drug-likeness (QED) is 0.0208. The second-order valence-corrected chi connectivity index (χ2v) is 24.9. The molecule has 6 N–H and O–H groups in total. The zero-order valence-electron chi connectivity index (χ0n) is 51.6. The second-order valence-electron chi connectivity index (χ2n) is 24.9. The lowest BCUT2D eigenvalue weighted by molar-refractivity contribution is -0.148. The minimum Gasteiger partial charge on any atom is -0.396 e. The first-order valence-corrected chi connectivity index (χ1v) is 31.3. The fourth-order valence-electron chi connectivity index (χ4n) is 12.9. The predicted molar refractivity (Wildman–Crippen MR) is 337 cm³/mol. The highest BCUT2D eigenvalue weighted by atomic mass is 16.5. The topological polar surface area (TPSA) is 250 Å². The Kier molecular flexibility index (Phi) is 20.0. The Morgan fingerprint density at radius 2 is 1.19 bits per heavy atom. The smallest absolute Gasteiger partial charge is 0.257 e. The molecule has 0 spiro atoms. The number of nitrogens with zero attached hydrogens (tertiary/aromatic N) is 7. The average molecular weight is 1200 g/mol. The number of benzene rings is 4. The molecule has 3 aliphatic heterocycles. The van der Waals surface area contributed by atoms with Crippen LogP contribution < -0.4 is 32.0 Å². The first kappa shape index (κ1) is 63.0. The third kappa shape index (κ3) is 13.9. The Morgan fingerprint density at radius 1 is 0.659 bits per heavy atom. The molecule has 5 aromatic rings. The number of ether oxygens (including phenoxy) is 3. The van der Waals surface area contributed by atoms with Gasteiger partial charge in [0.1, 0.15) is 5.69 Å². The summed E-state index contributed by atoms with van der Waals surface area (Å²) in [6, 6.07) is 30.8. The van der Waals surface area contributed by atoms with Crippen LogP contribution in [0, 0.1) is 17.3 Å². The highest BCUT2D eigenvalue weighted by Crippen LogP contribution is 2.46. The molecule has 2 atom stereocenters. The summed E-state index contributed by atoms with van der Waals surface area (Å²) in [6.45, 7) is 11.9. The van der Waals surface area contributed by atoms with Crippen molar-refractivity contribution in [3.8, 4) is 22.5 Å². The maximum atomic E-state index is 14.4. The van der Waals surface area contributed by atoms with Gasteiger partial charge in [-0.1, -0.05) is 123 Å². The van der Waals surface area contributed by atoms with Gasteiger partial charge in [0.15, 0.2) is 0 Å². The van der Waals surface area contributed by atoms with E-state index in [0.717, 1.165) is 102 Å². The standard InChI is InChI=1S/C68H85N11O9/c1-6-55(80)71-33-31-56(81)76-42-48-22-12-14-24-50(48)63-61(52-26-16-18-28-54(52)76)73-74-79(63)36-38-87-40-39-86-37-35-78(70)62-49-23-13-11-21-47(49)41-75(53-27-17-15-25-51(53)60(62)69)57(82)32-34-72-66(85)67(2,3)44-88-68(4,5)43-77-64(83)58-45-19-9-7-8-10-20-46(30-29-45)59(58)65(77)84/h11-18,21-28,45-46H,6-10,19-20,29-44,69-70H2,1-5H3,(H,71,80)(H,72,85)/b62-60-. The fourth-order valence-corrected chi connectivity index (χ4v) is 12.9. The van der Waals surface area contributed by atoms with Gasteiger partial charge >= 0.3 is 0 Å². The minimum absolute atomic E-state index is 0.00361. The second kappa shape index (κ2) is 28.0. The molecule has 2 unspecified atom stereocenters. The minimum atomic E-state index is -1.01. The average Bonchev–Trinajstić information content (AvgIpc) is 1.63. The van der Waals surface area contributed by atoms with Crippen LogP contribution in [-0.2, 0) is 62.6 Å². The van der Waals surface area contributed by atoms with Gasteiger partial charge in [0, 0.05) is 65.8 Å². The maximum absolute atomic E-state index is 14.4. The number of hydrogen-bond acceptors (Lipinski definition) is 14. The van der Waals surface area contributed by atoms with Crippen molar-refractivity contribution in [1.82, 2.24) is 35.5 Å². The number of anilines is 2. The normalized spacial score (nSPS) is 18.4. The van der Waals surface area contributed by atoms with Crippen LogP contribution in [0.4, 0.5) is 11.4 Å². The van der Waals surface area contributed by atoms with Gasteiger partial charge in [0.25, 0.3) is 11.8 Å². The lowest BCUT2D eigenvalue weighted by Crippen LogP contribution is -2.48. The molecule has 0 radical (unpaired) electrons. The number of carbonyl (C=O) groups is 6. The Bertz CT molecular complexity index is 3440. The van der Waals surface area contributed by atoms with E-state index in [1.165, 1.54) is 4.90 Å². The first-order chi connectivity index (χ1) is 42.5. The first-order valence-electron chi connectivity index (χ1n) is 31.3. The molecule has 88 heavy (non-hydrogen) atoms. The highest BCUT2D eigenvalue weighted by molar-refractivity contribution is 6.20. The number of carbonyl (C=O) groups excluding carboxylic acids is 6. The van der Waals surface area contributed by atoms with Crippen LogP contribution in [0.1, 0.15) is 128 Å². The Labute approximate surface area is 515 Å². The van der Waals surface area contributed by atoms with Crippen LogP contribution in [0.3, 0.4) is 0 Å². The van der Waals surface area contributed by atoms with Crippen LogP contribution in [-0.4, -0.2) is 125 Å². The van der Waals surface area contributed by atoms with E-state index in [1.54, 1.807) is 35.6 Å². The van der Waals surface area contributed by atoms with Gasteiger partial charge in [-0.05, 0) is 88.5 Å². The van der Waals surface area contributed by atoms with Gasteiger partial charge in [0.05, 0.1) is 105 Å². The van der Waals surface area contributed by atoms with Crippen molar-refractivity contribution >= 4 is 58.2 Å². The van der Waals surface area contributed by atoms with Gasteiger partial charge < -0.3 is 45.4 Å². The molecule has 0 saturated carbocycles. The van der Waals surface area contributed by atoms with E-state index in [4.69, 9.17) is 25.8 Å². The third-order valence-corrected chi connectivity index (χ3v) is 17.7. The van der Waals surface area contributed by atoms with Gasteiger partial charge in [-0.15, -0.1) is 5.10 Å². The number of nitrogens with one attached hydrogen (secondary N) is 2. The third-order valence-electron chi connectivity index (χ3n) is 17.7. The molecule has 4 heterocycles. The highest BCUT2D eigenvalue weighted by Gasteiger charge is 2.48. The van der Waals surface area contributed by atoms with Crippen LogP contribution in [0.15, 0.2) is 108 Å². The van der Waals surface area contributed by atoms with Crippen molar-refractivity contribution in [1.29, 1.82) is 0 Å². The molecule has 20 heteroatoms. The summed E-state index contributed by atoms with van der Waals surface area (Å²) in [4.78, 5) is 86.7. The summed E-state index contributed by atoms with van der Waals surface area (Å²) >= 11 is 0. The summed E-state index contributed by atoms with van der Waals surface area (Å²) in [6.07, 6.45) is 8.77. The molecule has 1 aromatic heterocycles. The molecular weight excluding hydrogens is 1110 g/mol. The van der Waals surface area contributed by atoms with E-state index < -0.39 is 11.0 Å². The molecule has 2 bridgehead atoms. The zero-order chi connectivity index (χ0) is 62.1. The van der Waals surface area contributed by atoms with E-state index in [1.807, 2.05) is 116 Å². The van der Waals surface area contributed by atoms with Crippen molar-refractivity contribution in [2.24, 2.45) is 28.8 Å². The van der Waals surface area contributed by atoms with Gasteiger partial charge in [-0.25, -0.2) is 10.5 Å². The summed E-state index contributed by atoms with van der Waals surface area (Å²) in [5.74, 6) is 6.08. The molecule has 466 valence electrons. The van der Waals surface area contributed by atoms with Crippen molar-refractivity contribution in [2.45, 2.75) is 130 Å². The summed E-state index contributed by atoms with van der Waals surface area (Å²) in [5.41, 5.74) is 15.3. The van der Waals surface area contributed by atoms with E-state index in [-0.39, 0.29) is 106 Å². The van der Waals surface area contributed by atoms with E-state index in [9.17, 15) is 28.8 Å². The van der Waals surface area contributed by atoms with E-state index in [0.29, 0.717) is 67.7 Å². The van der Waals surface area contributed by atoms with E-state index in [2.05, 4.69) is 20.9 Å². The predicted octanol–water partition coefficient (Wildman–Crippen LogP) is 8.29. The number of para-hydroxylation sites is 2. The Morgan fingerprint density at radius 3 is 1.82 bits per heavy atom. The zero-order valence-corrected chi connectivity index (χ0v) is 51.6. The molecule has 0 fully saturated rings. The molecule has 6 amide bonds. The summed E-state index contributed by atoms with van der Waals surface area (Å²) < 4.78 is 20.4. The number of fused-ring (bicyclic) bond motifs is 7. The number of hydrogen-bond donors (Lipinski definition) is 4. The molecule has 0 saturated heterocycles. The number of amides is 6. The van der Waals surface area contributed by atoms with Crippen LogP contribution in [0.5, 0.6) is 0 Å². The number of nitrogens with two attached hydrogens (primary N) is 2. The SMILES string of the molecule is CCC(=O)NCCC(=O)N1Cc2ccccc2-c2c(nnn2CCOCCOCCN(N)/C2=C(\N)c3ccccc3N(C(=O)CCNC(=O)C(C)(C)COC(C)(C)CN3C(=O)C4=C(C3=O)C3CCCCCCC4CC3)Cc3ccccc32)-c2ccccc21. The molecule has 4 aromatic carbocycles. The molecule has 2 aliphatic carbocycles. The Balaban J connectivity index is 0.712. The Hall–Kier alpha value is -8.04. The monoisotopic (exact) mass is 1200 g/mol. The number of aromatic nitrogens is 3. The maximum Gasteiger partial charge on any atom is 0.257 e. The summed E-state index contributed by atoms with van der Waals surface area (Å²) in [5, 5.41) is 16.6.